The summed E-state index contributed by atoms with van der Waals surface area (Å²) >= 11 is 6.64. The van der Waals surface area contributed by atoms with Gasteiger partial charge in [0.2, 0.25) is 10.0 Å². The van der Waals surface area contributed by atoms with Crippen molar-refractivity contribution < 1.29 is 23.1 Å². The minimum atomic E-state index is -3.63. The van der Waals surface area contributed by atoms with Crippen LogP contribution in [0.2, 0.25) is 4.34 Å². The van der Waals surface area contributed by atoms with Gasteiger partial charge in [-0.2, -0.15) is 0 Å². The van der Waals surface area contributed by atoms with Gasteiger partial charge in [-0.15, -0.1) is 11.3 Å². The molecule has 1 fully saturated rings. The summed E-state index contributed by atoms with van der Waals surface area (Å²) in [5, 5.41) is 11.4. The van der Waals surface area contributed by atoms with Crippen LogP contribution >= 0.6 is 22.9 Å². The zero-order valence-corrected chi connectivity index (χ0v) is 14.4. The highest BCUT2D eigenvalue weighted by molar-refractivity contribution is 7.91. The fraction of sp³-hybridized carbons (Fsp3) is 0.500. The number of carboxylic acid groups (broad SMARTS) is 1. The normalized spacial score (nSPS) is 18.1. The summed E-state index contributed by atoms with van der Waals surface area (Å²) in [5.74, 6) is -1.45. The zero-order valence-electron chi connectivity index (χ0n) is 12.0. The maximum absolute atomic E-state index is 11.9. The topological polar surface area (TPSA) is 116 Å². The van der Waals surface area contributed by atoms with Gasteiger partial charge in [0, 0.05) is 26.2 Å². The Hall–Kier alpha value is -1.36. The van der Waals surface area contributed by atoms with E-state index in [2.05, 4.69) is 10.0 Å². The van der Waals surface area contributed by atoms with E-state index in [0.29, 0.717) is 17.3 Å². The molecule has 1 aliphatic rings. The lowest BCUT2D eigenvalue weighted by Crippen LogP contribution is -2.42. The molecule has 2 heterocycles. The number of likely N-dealkylation sites (tertiary alicyclic amines) is 1. The minimum absolute atomic E-state index is 0.0276. The molecule has 23 heavy (non-hydrogen) atoms. The summed E-state index contributed by atoms with van der Waals surface area (Å²) < 4.78 is 26.7. The number of carboxylic acids is 1. The number of hydrogen-bond acceptors (Lipinski definition) is 5. The van der Waals surface area contributed by atoms with E-state index in [1.165, 1.54) is 17.0 Å². The lowest BCUT2D eigenvalue weighted by Gasteiger charge is -2.16. The highest BCUT2D eigenvalue weighted by Gasteiger charge is 2.30. The standard InChI is InChI=1S/C12H16ClN3O5S2/c13-9-1-2-10(22-9)23(20,21)15-5-4-14-12(19)16-6-3-8(7-16)11(17)18/h1-2,8,15H,3-7H2,(H,14,19)(H,17,18). The Morgan fingerprint density at radius 2 is 2.13 bits per heavy atom. The molecule has 1 aromatic rings. The summed E-state index contributed by atoms with van der Waals surface area (Å²) in [5.41, 5.74) is 0. The maximum Gasteiger partial charge on any atom is 0.317 e. The summed E-state index contributed by atoms with van der Waals surface area (Å²) in [6, 6.07) is 2.51. The molecule has 1 atom stereocenters. The van der Waals surface area contributed by atoms with Gasteiger partial charge in [-0.25, -0.2) is 17.9 Å². The number of carbonyl (C=O) groups excluding carboxylic acids is 1. The lowest BCUT2D eigenvalue weighted by molar-refractivity contribution is -0.141. The molecule has 0 spiro atoms. The van der Waals surface area contributed by atoms with Crippen LogP contribution in [0.25, 0.3) is 0 Å². The molecule has 1 saturated heterocycles. The number of hydrogen-bond donors (Lipinski definition) is 3. The lowest BCUT2D eigenvalue weighted by atomic mass is 10.1. The number of thiophene rings is 1. The maximum atomic E-state index is 11.9. The molecule has 2 rings (SSSR count). The van der Waals surface area contributed by atoms with Gasteiger partial charge >= 0.3 is 12.0 Å². The Morgan fingerprint density at radius 1 is 1.39 bits per heavy atom. The Labute approximate surface area is 142 Å². The molecular formula is C12H16ClN3O5S2. The Balaban J connectivity index is 1.73. The molecule has 0 bridgehead atoms. The first-order chi connectivity index (χ1) is 10.8. The molecule has 0 radical (unpaired) electrons. The predicted octanol–water partition coefficient (Wildman–Crippen LogP) is 0.796. The molecule has 2 amide bonds. The second-order valence-corrected chi connectivity index (χ2v) is 8.67. The highest BCUT2D eigenvalue weighted by Crippen LogP contribution is 2.25. The van der Waals surface area contributed by atoms with Gasteiger partial charge < -0.3 is 15.3 Å². The van der Waals surface area contributed by atoms with Crippen LogP contribution in [-0.2, 0) is 14.8 Å². The van der Waals surface area contributed by atoms with Crippen LogP contribution in [-0.4, -0.2) is 56.6 Å². The number of halogens is 1. The third-order valence-corrected chi connectivity index (χ3v) is 6.52. The largest absolute Gasteiger partial charge is 0.481 e. The Bertz CT molecular complexity index is 691. The molecule has 0 saturated carbocycles. The molecular weight excluding hydrogens is 366 g/mol. The predicted molar refractivity (Wildman–Crippen MR) is 85.2 cm³/mol. The molecule has 1 aromatic heterocycles. The molecule has 8 nitrogen and oxygen atoms in total. The quantitative estimate of drug-likeness (QED) is 0.630. The van der Waals surface area contributed by atoms with E-state index in [1.807, 2.05) is 0 Å². The molecule has 128 valence electrons. The number of urea groups is 1. The van der Waals surface area contributed by atoms with Gasteiger partial charge in [0.15, 0.2) is 0 Å². The number of carbonyl (C=O) groups is 2. The first kappa shape index (κ1) is 18.0. The van der Waals surface area contributed by atoms with E-state index in [0.717, 1.165) is 11.3 Å². The number of rotatable bonds is 6. The first-order valence-corrected chi connectivity index (χ1v) is 9.48. The molecule has 0 aliphatic carbocycles. The third-order valence-electron chi connectivity index (χ3n) is 3.33. The number of amides is 2. The molecule has 0 aromatic carbocycles. The van der Waals surface area contributed by atoms with E-state index in [4.69, 9.17) is 16.7 Å². The van der Waals surface area contributed by atoms with Crippen LogP contribution in [0.5, 0.6) is 0 Å². The van der Waals surface area contributed by atoms with Crippen LogP contribution in [0.4, 0.5) is 4.79 Å². The molecule has 1 aliphatic heterocycles. The summed E-state index contributed by atoms with van der Waals surface area (Å²) in [7, 11) is -3.63. The second-order valence-electron chi connectivity index (χ2n) is 4.96. The average Bonchev–Trinajstić information content (AvgIpc) is 3.12. The van der Waals surface area contributed by atoms with E-state index >= 15 is 0 Å². The fourth-order valence-corrected chi connectivity index (χ4v) is 4.69. The second kappa shape index (κ2) is 7.47. The number of aliphatic carboxylic acids is 1. The average molecular weight is 382 g/mol. The van der Waals surface area contributed by atoms with Gasteiger partial charge in [0.05, 0.1) is 10.3 Å². The van der Waals surface area contributed by atoms with Crippen LogP contribution in [0, 0.1) is 5.92 Å². The van der Waals surface area contributed by atoms with E-state index in [-0.39, 0.29) is 23.8 Å². The number of sulfonamides is 1. The van der Waals surface area contributed by atoms with Crippen molar-refractivity contribution in [2.24, 2.45) is 5.92 Å². The van der Waals surface area contributed by atoms with Crippen molar-refractivity contribution in [2.75, 3.05) is 26.2 Å². The van der Waals surface area contributed by atoms with Crippen LogP contribution < -0.4 is 10.0 Å². The number of nitrogens with zero attached hydrogens (tertiary/aromatic N) is 1. The molecule has 11 heteroatoms. The Morgan fingerprint density at radius 3 is 2.70 bits per heavy atom. The third kappa shape index (κ3) is 4.80. The SMILES string of the molecule is O=C(O)C1CCN(C(=O)NCCNS(=O)(=O)c2ccc(Cl)s2)C1. The van der Waals surface area contributed by atoms with Crippen molar-refractivity contribution in [1.29, 1.82) is 0 Å². The van der Waals surface area contributed by atoms with E-state index in [9.17, 15) is 18.0 Å². The number of nitrogens with one attached hydrogen (secondary N) is 2. The van der Waals surface area contributed by atoms with Crippen molar-refractivity contribution in [2.45, 2.75) is 10.6 Å². The monoisotopic (exact) mass is 381 g/mol. The van der Waals surface area contributed by atoms with E-state index in [1.54, 1.807) is 0 Å². The van der Waals surface area contributed by atoms with Gasteiger partial charge in [-0.05, 0) is 18.6 Å². The molecule has 1 unspecified atom stereocenters. The first-order valence-electron chi connectivity index (χ1n) is 6.80. The summed E-state index contributed by atoms with van der Waals surface area (Å²) in [4.78, 5) is 24.1. The van der Waals surface area contributed by atoms with Crippen LogP contribution in [0.1, 0.15) is 6.42 Å². The summed E-state index contributed by atoms with van der Waals surface area (Å²) in [6.07, 6.45) is 0.425. The van der Waals surface area contributed by atoms with Gasteiger partial charge in [0.1, 0.15) is 4.21 Å². The smallest absolute Gasteiger partial charge is 0.317 e. The van der Waals surface area contributed by atoms with Crippen molar-refractivity contribution in [3.05, 3.63) is 16.5 Å². The van der Waals surface area contributed by atoms with Gasteiger partial charge in [0.25, 0.3) is 0 Å². The zero-order chi connectivity index (χ0) is 17.0. The van der Waals surface area contributed by atoms with Crippen molar-refractivity contribution in [3.63, 3.8) is 0 Å². The molecule has 3 N–H and O–H groups in total. The van der Waals surface area contributed by atoms with Gasteiger partial charge in [-0.1, -0.05) is 11.6 Å². The van der Waals surface area contributed by atoms with Crippen molar-refractivity contribution in [1.82, 2.24) is 14.9 Å². The van der Waals surface area contributed by atoms with E-state index < -0.39 is 27.9 Å². The Kier molecular flexibility index (Phi) is 5.84. The minimum Gasteiger partial charge on any atom is -0.481 e. The summed E-state index contributed by atoms with van der Waals surface area (Å²) in [6.45, 7) is 0.675. The van der Waals surface area contributed by atoms with Crippen molar-refractivity contribution in [3.8, 4) is 0 Å². The van der Waals surface area contributed by atoms with Crippen LogP contribution in [0.3, 0.4) is 0 Å². The fourth-order valence-electron chi connectivity index (χ4n) is 2.13. The van der Waals surface area contributed by atoms with Gasteiger partial charge in [-0.3, -0.25) is 4.79 Å². The van der Waals surface area contributed by atoms with Crippen molar-refractivity contribution >= 4 is 45.0 Å². The van der Waals surface area contributed by atoms with Crippen LogP contribution in [0.15, 0.2) is 16.3 Å². The highest BCUT2D eigenvalue weighted by atomic mass is 35.5.